The summed E-state index contributed by atoms with van der Waals surface area (Å²) in [5, 5.41) is 30.1. The highest BCUT2D eigenvalue weighted by atomic mass is 35.5. The Hall–Kier alpha value is -2.47. The third-order valence-corrected chi connectivity index (χ3v) is 6.04. The Morgan fingerprint density at radius 3 is 2.00 bits per heavy atom. The highest BCUT2D eigenvalue weighted by Crippen LogP contribution is 2.29. The van der Waals surface area contributed by atoms with Crippen molar-refractivity contribution in [3.8, 4) is 16.9 Å². The Labute approximate surface area is 178 Å². The van der Waals surface area contributed by atoms with Crippen LogP contribution in [0.5, 0.6) is 5.75 Å². The summed E-state index contributed by atoms with van der Waals surface area (Å²) in [6.45, 7) is 0. The third kappa shape index (κ3) is 6.00. The summed E-state index contributed by atoms with van der Waals surface area (Å²) >= 11 is 7.31. The number of carbonyl (C=O) groups is 1. The molecular weight excluding hydrogens is 408 g/mol. The smallest absolute Gasteiger partial charge is 0.307 e. The van der Waals surface area contributed by atoms with Crippen molar-refractivity contribution in [2.24, 2.45) is 5.92 Å². The lowest BCUT2D eigenvalue weighted by molar-refractivity contribution is -0.142. The molecule has 0 aliphatic rings. The Kier molecular flexibility index (Phi) is 7.20. The van der Waals surface area contributed by atoms with Crippen LogP contribution in [0, 0.1) is 5.92 Å². The van der Waals surface area contributed by atoms with Gasteiger partial charge in [-0.3, -0.25) is 4.79 Å². The quantitative estimate of drug-likeness (QED) is 0.405. The van der Waals surface area contributed by atoms with Crippen LogP contribution in [0.2, 0.25) is 5.02 Å². The molecule has 0 spiro atoms. The fourth-order valence-corrected chi connectivity index (χ4v) is 4.05. The molecule has 3 N–H and O–H groups in total. The van der Waals surface area contributed by atoms with Gasteiger partial charge in [0.15, 0.2) is 0 Å². The maximum Gasteiger partial charge on any atom is 0.307 e. The highest BCUT2D eigenvalue weighted by Gasteiger charge is 2.23. The van der Waals surface area contributed by atoms with E-state index in [1.165, 1.54) is 11.8 Å². The van der Waals surface area contributed by atoms with Crippen LogP contribution in [0.3, 0.4) is 0 Å². The molecule has 0 amide bonds. The molecule has 3 aromatic rings. The topological polar surface area (TPSA) is 77.8 Å². The van der Waals surface area contributed by atoms with Crippen molar-refractivity contribution in [1.29, 1.82) is 0 Å². The van der Waals surface area contributed by atoms with E-state index in [4.69, 9.17) is 11.6 Å². The molecule has 29 heavy (non-hydrogen) atoms. The van der Waals surface area contributed by atoms with Gasteiger partial charge in [0.1, 0.15) is 5.75 Å². The summed E-state index contributed by atoms with van der Waals surface area (Å²) in [6.07, 6.45) is -0.739. The number of phenolic OH excluding ortho intramolecular Hbond substituents is 1. The SMILES string of the molecule is O=C(O)[C@@H](CSc1ccc(O)cc1)C[C@H](O)c1ccc(-c2ccc(Cl)cc2)cc1. The van der Waals surface area contributed by atoms with E-state index >= 15 is 0 Å². The largest absolute Gasteiger partial charge is 0.508 e. The van der Waals surface area contributed by atoms with Gasteiger partial charge < -0.3 is 15.3 Å². The van der Waals surface area contributed by atoms with E-state index in [0.29, 0.717) is 16.3 Å². The third-order valence-electron chi connectivity index (χ3n) is 4.62. The van der Waals surface area contributed by atoms with E-state index in [1.54, 1.807) is 24.3 Å². The Morgan fingerprint density at radius 1 is 0.897 bits per heavy atom. The molecule has 0 unspecified atom stereocenters. The summed E-state index contributed by atoms with van der Waals surface area (Å²) in [6, 6.07) is 21.6. The first-order valence-electron chi connectivity index (χ1n) is 9.11. The van der Waals surface area contributed by atoms with E-state index < -0.39 is 18.0 Å². The molecule has 4 nitrogen and oxygen atoms in total. The molecule has 0 bridgehead atoms. The second-order valence-electron chi connectivity index (χ2n) is 6.72. The van der Waals surface area contributed by atoms with Gasteiger partial charge in [-0.1, -0.05) is 48.0 Å². The number of aliphatic carboxylic acids is 1. The average Bonchev–Trinajstić information content (AvgIpc) is 2.72. The van der Waals surface area contributed by atoms with Gasteiger partial charge >= 0.3 is 5.97 Å². The average molecular weight is 429 g/mol. The van der Waals surface area contributed by atoms with Gasteiger partial charge in [0.25, 0.3) is 0 Å². The number of aromatic hydroxyl groups is 1. The fourth-order valence-electron chi connectivity index (χ4n) is 2.92. The number of benzene rings is 3. The lowest BCUT2D eigenvalue weighted by Crippen LogP contribution is -2.19. The first-order chi connectivity index (χ1) is 13.9. The van der Waals surface area contributed by atoms with Crippen LogP contribution in [0.4, 0.5) is 0 Å². The molecule has 150 valence electrons. The van der Waals surface area contributed by atoms with Crippen molar-refractivity contribution < 1.29 is 20.1 Å². The van der Waals surface area contributed by atoms with E-state index in [9.17, 15) is 20.1 Å². The number of halogens is 1. The molecule has 0 aliphatic carbocycles. The number of carboxylic acids is 1. The maximum absolute atomic E-state index is 11.6. The molecule has 0 saturated heterocycles. The molecular formula is C23H21ClO4S. The van der Waals surface area contributed by atoms with Crippen molar-refractivity contribution >= 4 is 29.3 Å². The van der Waals surface area contributed by atoms with Crippen LogP contribution < -0.4 is 0 Å². The summed E-state index contributed by atoms with van der Waals surface area (Å²) in [5.41, 5.74) is 2.70. The van der Waals surface area contributed by atoms with E-state index in [-0.39, 0.29) is 12.2 Å². The van der Waals surface area contributed by atoms with Crippen LogP contribution in [0.15, 0.2) is 77.7 Å². The second-order valence-corrected chi connectivity index (χ2v) is 8.25. The fraction of sp³-hybridized carbons (Fsp3) is 0.174. The predicted molar refractivity (Wildman–Crippen MR) is 116 cm³/mol. The predicted octanol–water partition coefficient (Wildman–Crippen LogP) is 5.63. The zero-order valence-electron chi connectivity index (χ0n) is 15.5. The van der Waals surface area contributed by atoms with Gasteiger partial charge in [-0.25, -0.2) is 0 Å². The van der Waals surface area contributed by atoms with E-state index in [2.05, 4.69) is 0 Å². The molecule has 0 fully saturated rings. The van der Waals surface area contributed by atoms with Crippen molar-refractivity contribution in [3.63, 3.8) is 0 Å². The number of rotatable bonds is 8. The molecule has 6 heteroatoms. The van der Waals surface area contributed by atoms with Crippen molar-refractivity contribution in [2.75, 3.05) is 5.75 Å². The van der Waals surface area contributed by atoms with Crippen molar-refractivity contribution in [1.82, 2.24) is 0 Å². The van der Waals surface area contributed by atoms with E-state index in [0.717, 1.165) is 16.0 Å². The molecule has 0 aromatic heterocycles. The maximum atomic E-state index is 11.6. The number of aliphatic hydroxyl groups excluding tert-OH is 1. The van der Waals surface area contributed by atoms with Crippen LogP contribution in [-0.2, 0) is 4.79 Å². The van der Waals surface area contributed by atoms with Crippen LogP contribution in [-0.4, -0.2) is 27.0 Å². The Balaban J connectivity index is 1.63. The minimum Gasteiger partial charge on any atom is -0.508 e. The van der Waals surface area contributed by atoms with Crippen LogP contribution in [0.1, 0.15) is 18.1 Å². The number of carboxylic acid groups (broad SMARTS) is 1. The monoisotopic (exact) mass is 428 g/mol. The zero-order valence-corrected chi connectivity index (χ0v) is 17.1. The molecule has 0 saturated carbocycles. The summed E-state index contributed by atoms with van der Waals surface area (Å²) in [4.78, 5) is 12.5. The number of phenols is 1. The van der Waals surface area contributed by atoms with Gasteiger partial charge in [-0.15, -0.1) is 11.8 Å². The lowest BCUT2D eigenvalue weighted by atomic mass is 9.96. The summed E-state index contributed by atoms with van der Waals surface area (Å²) < 4.78 is 0. The van der Waals surface area contributed by atoms with Crippen molar-refractivity contribution in [2.45, 2.75) is 17.4 Å². The standard InChI is InChI=1S/C23H21ClO4S/c24-19-7-5-16(6-8-19)15-1-3-17(4-2-15)22(26)13-18(23(27)28)14-29-21-11-9-20(25)10-12-21/h1-12,18,22,25-26H,13-14H2,(H,27,28)/t18-,22+/m1/s1. The molecule has 0 aliphatic heterocycles. The van der Waals surface area contributed by atoms with Crippen LogP contribution in [0.25, 0.3) is 11.1 Å². The van der Waals surface area contributed by atoms with Crippen molar-refractivity contribution in [3.05, 3.63) is 83.4 Å². The van der Waals surface area contributed by atoms with Gasteiger partial charge in [0.2, 0.25) is 0 Å². The summed E-state index contributed by atoms with van der Waals surface area (Å²) in [7, 11) is 0. The number of thioether (sulfide) groups is 1. The summed E-state index contributed by atoms with van der Waals surface area (Å²) in [5.74, 6) is -1.13. The molecule has 0 radical (unpaired) electrons. The number of aliphatic hydroxyl groups is 1. The normalized spacial score (nSPS) is 13.0. The van der Waals surface area contributed by atoms with Gasteiger partial charge in [0.05, 0.1) is 12.0 Å². The van der Waals surface area contributed by atoms with E-state index in [1.807, 2.05) is 48.5 Å². The minimum absolute atomic E-state index is 0.126. The van der Waals surface area contributed by atoms with Gasteiger partial charge in [0, 0.05) is 15.7 Å². The first kappa shape index (κ1) is 21.2. The zero-order chi connectivity index (χ0) is 20.8. The molecule has 3 rings (SSSR count). The molecule has 2 atom stereocenters. The Bertz CT molecular complexity index is 940. The lowest BCUT2D eigenvalue weighted by Gasteiger charge is -2.17. The number of hydrogen-bond donors (Lipinski definition) is 3. The first-order valence-corrected chi connectivity index (χ1v) is 10.5. The highest BCUT2D eigenvalue weighted by molar-refractivity contribution is 7.99. The van der Waals surface area contributed by atoms with Gasteiger partial charge in [-0.2, -0.15) is 0 Å². The van der Waals surface area contributed by atoms with Gasteiger partial charge in [-0.05, 0) is 59.5 Å². The molecule has 3 aromatic carbocycles. The van der Waals surface area contributed by atoms with Crippen LogP contribution >= 0.6 is 23.4 Å². The second kappa shape index (κ2) is 9.83. The Morgan fingerprint density at radius 2 is 1.45 bits per heavy atom. The minimum atomic E-state index is -0.937. The number of hydrogen-bond acceptors (Lipinski definition) is 4. The molecule has 0 heterocycles.